The quantitative estimate of drug-likeness (QED) is 0.754. The van der Waals surface area contributed by atoms with E-state index in [0.29, 0.717) is 17.9 Å². The number of hydrazine groups is 1. The molecular formula is C13H18N2O4. The molecule has 6 nitrogen and oxygen atoms in total. The number of rotatable bonds is 6. The second-order valence-electron chi connectivity index (χ2n) is 3.79. The molecule has 2 amide bonds. The van der Waals surface area contributed by atoms with Crippen molar-refractivity contribution >= 4 is 11.8 Å². The number of ether oxygens (including phenoxy) is 2. The molecule has 0 atom stereocenters. The molecule has 2 N–H and O–H groups in total. The number of carbonyl (C=O) groups is 2. The molecule has 0 bridgehead atoms. The van der Waals surface area contributed by atoms with Gasteiger partial charge in [0, 0.05) is 6.42 Å². The zero-order valence-electron chi connectivity index (χ0n) is 11.1. The SMILES string of the molecule is CCCC(=O)NNC(=O)COc1ccccc1OC. The van der Waals surface area contributed by atoms with Crippen LogP contribution in [0.3, 0.4) is 0 Å². The molecule has 1 aromatic rings. The highest BCUT2D eigenvalue weighted by Gasteiger charge is 2.07. The van der Waals surface area contributed by atoms with Gasteiger partial charge in [0.1, 0.15) is 0 Å². The molecule has 0 spiro atoms. The normalized spacial score (nSPS) is 9.58. The van der Waals surface area contributed by atoms with E-state index in [1.165, 1.54) is 7.11 Å². The maximum Gasteiger partial charge on any atom is 0.276 e. The lowest BCUT2D eigenvalue weighted by Gasteiger charge is -2.10. The fraction of sp³-hybridized carbons (Fsp3) is 0.385. The van der Waals surface area contributed by atoms with Crippen LogP contribution in [0.4, 0.5) is 0 Å². The minimum atomic E-state index is -0.435. The zero-order chi connectivity index (χ0) is 14.1. The number of hydrogen-bond acceptors (Lipinski definition) is 4. The summed E-state index contributed by atoms with van der Waals surface area (Å²) in [6, 6.07) is 7.01. The van der Waals surface area contributed by atoms with Gasteiger partial charge in [-0.1, -0.05) is 19.1 Å². The molecule has 0 saturated heterocycles. The molecular weight excluding hydrogens is 248 g/mol. The van der Waals surface area contributed by atoms with E-state index in [1.54, 1.807) is 24.3 Å². The Hall–Kier alpha value is -2.24. The highest BCUT2D eigenvalue weighted by molar-refractivity contribution is 5.82. The molecule has 19 heavy (non-hydrogen) atoms. The third-order valence-electron chi connectivity index (χ3n) is 2.25. The van der Waals surface area contributed by atoms with Crippen molar-refractivity contribution in [3.05, 3.63) is 24.3 Å². The maximum atomic E-state index is 11.4. The van der Waals surface area contributed by atoms with Crippen molar-refractivity contribution in [2.75, 3.05) is 13.7 Å². The number of nitrogens with one attached hydrogen (secondary N) is 2. The van der Waals surface area contributed by atoms with E-state index in [1.807, 2.05) is 6.92 Å². The minimum Gasteiger partial charge on any atom is -0.493 e. The van der Waals surface area contributed by atoms with Gasteiger partial charge in [-0.25, -0.2) is 0 Å². The molecule has 104 valence electrons. The monoisotopic (exact) mass is 266 g/mol. The Morgan fingerprint density at radius 2 is 1.74 bits per heavy atom. The van der Waals surface area contributed by atoms with Gasteiger partial charge in [-0.3, -0.25) is 20.4 Å². The van der Waals surface area contributed by atoms with Gasteiger partial charge < -0.3 is 9.47 Å². The van der Waals surface area contributed by atoms with Gasteiger partial charge in [-0.15, -0.1) is 0 Å². The predicted octanol–water partition coefficient (Wildman–Crippen LogP) is 1.02. The summed E-state index contributed by atoms with van der Waals surface area (Å²) < 4.78 is 10.4. The second-order valence-corrected chi connectivity index (χ2v) is 3.79. The van der Waals surface area contributed by atoms with Crippen LogP contribution in [-0.4, -0.2) is 25.5 Å². The molecule has 0 aliphatic rings. The molecule has 0 aliphatic carbocycles. The van der Waals surface area contributed by atoms with E-state index in [4.69, 9.17) is 9.47 Å². The summed E-state index contributed by atoms with van der Waals surface area (Å²) in [7, 11) is 1.52. The molecule has 1 aromatic carbocycles. The van der Waals surface area contributed by atoms with Gasteiger partial charge in [-0.2, -0.15) is 0 Å². The van der Waals surface area contributed by atoms with Crippen LogP contribution >= 0.6 is 0 Å². The van der Waals surface area contributed by atoms with Crippen LogP contribution in [0.2, 0.25) is 0 Å². The molecule has 0 aromatic heterocycles. The number of methoxy groups -OCH3 is 1. The van der Waals surface area contributed by atoms with Crippen LogP contribution in [0.5, 0.6) is 11.5 Å². The minimum absolute atomic E-state index is 0.202. The smallest absolute Gasteiger partial charge is 0.276 e. The van der Waals surface area contributed by atoms with Gasteiger partial charge in [0.15, 0.2) is 18.1 Å². The van der Waals surface area contributed by atoms with Crippen LogP contribution in [0.15, 0.2) is 24.3 Å². The fourth-order valence-electron chi connectivity index (χ4n) is 1.35. The molecule has 0 unspecified atom stereocenters. The van der Waals surface area contributed by atoms with Crippen LogP contribution in [0.25, 0.3) is 0 Å². The summed E-state index contributed by atoms with van der Waals surface area (Å²) in [6.45, 7) is 1.68. The lowest BCUT2D eigenvalue weighted by molar-refractivity contribution is -0.130. The Bertz CT molecular complexity index is 434. The molecule has 0 heterocycles. The number of hydrogen-bond donors (Lipinski definition) is 2. The number of para-hydroxylation sites is 2. The van der Waals surface area contributed by atoms with E-state index >= 15 is 0 Å². The van der Waals surface area contributed by atoms with Gasteiger partial charge in [0.2, 0.25) is 5.91 Å². The van der Waals surface area contributed by atoms with Crippen molar-refractivity contribution in [2.45, 2.75) is 19.8 Å². The standard InChI is InChI=1S/C13H18N2O4/c1-3-6-12(16)14-15-13(17)9-19-11-8-5-4-7-10(11)18-2/h4-5,7-8H,3,6,9H2,1-2H3,(H,14,16)(H,15,17). The average molecular weight is 266 g/mol. The van der Waals surface area contributed by atoms with Crippen molar-refractivity contribution in [2.24, 2.45) is 0 Å². The molecule has 0 radical (unpaired) electrons. The summed E-state index contributed by atoms with van der Waals surface area (Å²) >= 11 is 0. The Morgan fingerprint density at radius 3 is 2.37 bits per heavy atom. The van der Waals surface area contributed by atoms with Crippen molar-refractivity contribution in [3.8, 4) is 11.5 Å². The van der Waals surface area contributed by atoms with E-state index in [9.17, 15) is 9.59 Å². The van der Waals surface area contributed by atoms with E-state index in [-0.39, 0.29) is 12.5 Å². The summed E-state index contributed by atoms with van der Waals surface area (Å²) in [5.74, 6) is 0.355. The van der Waals surface area contributed by atoms with Crippen LogP contribution in [-0.2, 0) is 9.59 Å². The highest BCUT2D eigenvalue weighted by atomic mass is 16.5. The first-order chi connectivity index (χ1) is 9.17. The summed E-state index contributed by atoms with van der Waals surface area (Å²) in [5, 5.41) is 0. The Balaban J connectivity index is 2.35. The van der Waals surface area contributed by atoms with Crippen LogP contribution < -0.4 is 20.3 Å². The highest BCUT2D eigenvalue weighted by Crippen LogP contribution is 2.25. The number of benzene rings is 1. The molecule has 0 aliphatic heterocycles. The first kappa shape index (κ1) is 14.8. The van der Waals surface area contributed by atoms with E-state index in [0.717, 1.165) is 6.42 Å². The predicted molar refractivity (Wildman–Crippen MR) is 69.7 cm³/mol. The number of carbonyl (C=O) groups excluding carboxylic acids is 2. The Morgan fingerprint density at radius 1 is 1.11 bits per heavy atom. The Labute approximate surface area is 112 Å². The first-order valence-corrected chi connectivity index (χ1v) is 6.00. The van der Waals surface area contributed by atoms with Crippen molar-refractivity contribution < 1.29 is 19.1 Å². The van der Waals surface area contributed by atoms with E-state index in [2.05, 4.69) is 10.9 Å². The molecule has 0 fully saturated rings. The van der Waals surface area contributed by atoms with Crippen molar-refractivity contribution in [1.29, 1.82) is 0 Å². The molecule has 0 saturated carbocycles. The van der Waals surface area contributed by atoms with E-state index < -0.39 is 5.91 Å². The van der Waals surface area contributed by atoms with Gasteiger partial charge in [0.05, 0.1) is 7.11 Å². The average Bonchev–Trinajstić information content (AvgIpc) is 2.43. The summed E-state index contributed by atoms with van der Waals surface area (Å²) in [6.07, 6.45) is 1.09. The van der Waals surface area contributed by atoms with Crippen molar-refractivity contribution in [3.63, 3.8) is 0 Å². The van der Waals surface area contributed by atoms with Gasteiger partial charge in [0.25, 0.3) is 5.91 Å². The molecule has 6 heteroatoms. The lowest BCUT2D eigenvalue weighted by atomic mass is 10.3. The third-order valence-corrected chi connectivity index (χ3v) is 2.25. The van der Waals surface area contributed by atoms with Crippen molar-refractivity contribution in [1.82, 2.24) is 10.9 Å². The van der Waals surface area contributed by atoms with Crippen LogP contribution in [0, 0.1) is 0 Å². The Kier molecular flexibility index (Phi) is 6.21. The largest absolute Gasteiger partial charge is 0.493 e. The summed E-state index contributed by atoms with van der Waals surface area (Å²) in [5.41, 5.74) is 4.57. The number of amides is 2. The fourth-order valence-corrected chi connectivity index (χ4v) is 1.35. The van der Waals surface area contributed by atoms with Crippen LogP contribution in [0.1, 0.15) is 19.8 Å². The third kappa shape index (κ3) is 5.29. The lowest BCUT2D eigenvalue weighted by Crippen LogP contribution is -2.43. The summed E-state index contributed by atoms with van der Waals surface area (Å²) in [4.78, 5) is 22.6. The second kappa shape index (κ2) is 7.97. The van der Waals surface area contributed by atoms with Gasteiger partial charge >= 0.3 is 0 Å². The maximum absolute atomic E-state index is 11.4. The first-order valence-electron chi connectivity index (χ1n) is 6.00. The topological polar surface area (TPSA) is 76.7 Å². The van der Waals surface area contributed by atoms with Gasteiger partial charge in [-0.05, 0) is 18.6 Å². The molecule has 1 rings (SSSR count). The zero-order valence-corrected chi connectivity index (χ0v) is 11.1.